The molecule has 2 aromatic rings. The van der Waals surface area contributed by atoms with Crippen LogP contribution in [-0.2, 0) is 6.54 Å². The van der Waals surface area contributed by atoms with Crippen LogP contribution in [0.15, 0.2) is 30.6 Å². The van der Waals surface area contributed by atoms with Gasteiger partial charge in [0.15, 0.2) is 5.82 Å². The summed E-state index contributed by atoms with van der Waals surface area (Å²) in [5.41, 5.74) is 6.33. The van der Waals surface area contributed by atoms with Gasteiger partial charge in [0.1, 0.15) is 5.15 Å². The van der Waals surface area contributed by atoms with Gasteiger partial charge in [0.2, 0.25) is 0 Å². The van der Waals surface area contributed by atoms with Gasteiger partial charge in [-0.3, -0.25) is 4.68 Å². The zero-order valence-corrected chi connectivity index (χ0v) is 9.35. The summed E-state index contributed by atoms with van der Waals surface area (Å²) >= 11 is 5.77. The first-order valence-corrected chi connectivity index (χ1v) is 5.27. The fourth-order valence-electron chi connectivity index (χ4n) is 1.31. The molecule has 0 amide bonds. The number of nitrogens with two attached hydrogens (primary N) is 1. The van der Waals surface area contributed by atoms with Gasteiger partial charge in [-0.2, -0.15) is 5.10 Å². The maximum absolute atomic E-state index is 5.77. The predicted molar refractivity (Wildman–Crippen MR) is 64.4 cm³/mol. The van der Waals surface area contributed by atoms with Crippen LogP contribution in [0.25, 0.3) is 0 Å². The summed E-state index contributed by atoms with van der Waals surface area (Å²) in [7, 11) is 0. The molecule has 0 spiro atoms. The van der Waals surface area contributed by atoms with E-state index in [2.05, 4.69) is 15.4 Å². The third-order valence-electron chi connectivity index (χ3n) is 2.09. The van der Waals surface area contributed by atoms with Crippen molar-refractivity contribution in [2.75, 3.05) is 17.6 Å². The number of halogens is 1. The number of anilines is 2. The van der Waals surface area contributed by atoms with Crippen LogP contribution in [0.3, 0.4) is 0 Å². The lowest BCUT2D eigenvalue weighted by molar-refractivity contribution is 0.637. The monoisotopic (exact) mass is 237 g/mol. The van der Waals surface area contributed by atoms with Crippen LogP contribution in [-0.4, -0.2) is 21.3 Å². The van der Waals surface area contributed by atoms with Crippen LogP contribution in [0.2, 0.25) is 5.15 Å². The Morgan fingerprint density at radius 3 is 3.06 bits per heavy atom. The van der Waals surface area contributed by atoms with Gasteiger partial charge in [0.05, 0.1) is 12.2 Å². The molecule has 0 saturated carbocycles. The number of nitrogen functional groups attached to an aromatic ring is 1. The summed E-state index contributed by atoms with van der Waals surface area (Å²) in [4.78, 5) is 4.09. The first-order chi connectivity index (χ1) is 7.75. The topological polar surface area (TPSA) is 68.8 Å². The molecule has 2 heterocycles. The van der Waals surface area contributed by atoms with Gasteiger partial charge in [0.25, 0.3) is 0 Å². The van der Waals surface area contributed by atoms with Crippen LogP contribution in [0.1, 0.15) is 0 Å². The standard InChI is InChI=1S/C10H12ClN5/c11-9-3-2-8(12)10(15-9)13-5-7-16-6-1-4-14-16/h1-4,6H,5,7,12H2,(H,13,15). The number of hydrogen-bond donors (Lipinski definition) is 2. The highest BCUT2D eigenvalue weighted by Crippen LogP contribution is 2.17. The maximum atomic E-state index is 5.77. The number of nitrogens with zero attached hydrogens (tertiary/aromatic N) is 3. The second kappa shape index (κ2) is 4.85. The molecular formula is C10H12ClN5. The van der Waals surface area contributed by atoms with Crippen molar-refractivity contribution in [2.45, 2.75) is 6.54 Å². The molecule has 0 unspecified atom stereocenters. The molecular weight excluding hydrogens is 226 g/mol. The summed E-state index contributed by atoms with van der Waals surface area (Å²) in [6.07, 6.45) is 3.64. The minimum atomic E-state index is 0.427. The van der Waals surface area contributed by atoms with E-state index in [0.717, 1.165) is 6.54 Å². The molecule has 0 aromatic carbocycles. The van der Waals surface area contributed by atoms with Crippen molar-refractivity contribution >= 4 is 23.1 Å². The SMILES string of the molecule is Nc1ccc(Cl)nc1NCCn1cccn1. The van der Waals surface area contributed by atoms with E-state index < -0.39 is 0 Å². The lowest BCUT2D eigenvalue weighted by Gasteiger charge is -2.08. The highest BCUT2D eigenvalue weighted by atomic mass is 35.5. The van der Waals surface area contributed by atoms with Crippen molar-refractivity contribution in [1.29, 1.82) is 0 Å². The molecule has 5 nitrogen and oxygen atoms in total. The lowest BCUT2D eigenvalue weighted by atomic mass is 10.4. The minimum absolute atomic E-state index is 0.427. The van der Waals surface area contributed by atoms with Gasteiger partial charge in [0, 0.05) is 18.9 Å². The fraction of sp³-hybridized carbons (Fsp3) is 0.200. The zero-order valence-electron chi connectivity index (χ0n) is 8.60. The van der Waals surface area contributed by atoms with Gasteiger partial charge in [-0.1, -0.05) is 11.6 Å². The van der Waals surface area contributed by atoms with E-state index >= 15 is 0 Å². The zero-order chi connectivity index (χ0) is 11.4. The molecule has 0 atom stereocenters. The first-order valence-electron chi connectivity index (χ1n) is 4.89. The highest BCUT2D eigenvalue weighted by Gasteiger charge is 2.00. The molecule has 0 aliphatic carbocycles. The Morgan fingerprint density at radius 1 is 1.44 bits per heavy atom. The van der Waals surface area contributed by atoms with Gasteiger partial charge in [-0.25, -0.2) is 4.98 Å². The second-order valence-electron chi connectivity index (χ2n) is 3.27. The summed E-state index contributed by atoms with van der Waals surface area (Å²) in [6, 6.07) is 5.27. The Bertz CT molecular complexity index is 454. The molecule has 3 N–H and O–H groups in total. The number of rotatable bonds is 4. The van der Waals surface area contributed by atoms with Crippen molar-refractivity contribution in [1.82, 2.24) is 14.8 Å². The number of nitrogens with one attached hydrogen (secondary N) is 1. The fourth-order valence-corrected chi connectivity index (χ4v) is 1.46. The van der Waals surface area contributed by atoms with E-state index in [9.17, 15) is 0 Å². The van der Waals surface area contributed by atoms with Crippen molar-refractivity contribution < 1.29 is 0 Å². The smallest absolute Gasteiger partial charge is 0.151 e. The van der Waals surface area contributed by atoms with E-state index in [4.69, 9.17) is 17.3 Å². The second-order valence-corrected chi connectivity index (χ2v) is 3.65. The Morgan fingerprint density at radius 2 is 2.31 bits per heavy atom. The summed E-state index contributed by atoms with van der Waals surface area (Å²) in [5.74, 6) is 0.611. The van der Waals surface area contributed by atoms with Crippen LogP contribution in [0.4, 0.5) is 11.5 Å². The Labute approximate surface area is 98.2 Å². The van der Waals surface area contributed by atoms with Crippen molar-refractivity contribution in [2.24, 2.45) is 0 Å². The number of pyridine rings is 1. The Kier molecular flexibility index (Phi) is 3.26. The van der Waals surface area contributed by atoms with E-state index in [1.165, 1.54) is 0 Å². The first kappa shape index (κ1) is 10.8. The van der Waals surface area contributed by atoms with Crippen molar-refractivity contribution in [3.05, 3.63) is 35.7 Å². The quantitative estimate of drug-likeness (QED) is 0.793. The van der Waals surface area contributed by atoms with E-state index in [1.807, 2.05) is 16.9 Å². The average Bonchev–Trinajstić information content (AvgIpc) is 2.76. The van der Waals surface area contributed by atoms with Crippen LogP contribution in [0.5, 0.6) is 0 Å². The molecule has 0 aliphatic heterocycles. The Balaban J connectivity index is 1.92. The van der Waals surface area contributed by atoms with Gasteiger partial charge < -0.3 is 11.1 Å². The molecule has 84 valence electrons. The molecule has 0 fully saturated rings. The third kappa shape index (κ3) is 2.64. The van der Waals surface area contributed by atoms with Gasteiger partial charge in [-0.05, 0) is 18.2 Å². The Hall–Kier alpha value is -1.75. The molecule has 16 heavy (non-hydrogen) atoms. The van der Waals surface area contributed by atoms with Gasteiger partial charge in [-0.15, -0.1) is 0 Å². The van der Waals surface area contributed by atoms with Crippen LogP contribution < -0.4 is 11.1 Å². The van der Waals surface area contributed by atoms with Gasteiger partial charge >= 0.3 is 0 Å². The maximum Gasteiger partial charge on any atom is 0.151 e. The molecule has 0 aliphatic rings. The minimum Gasteiger partial charge on any atom is -0.396 e. The van der Waals surface area contributed by atoms with Crippen molar-refractivity contribution in [3.8, 4) is 0 Å². The van der Waals surface area contributed by atoms with Crippen LogP contribution >= 0.6 is 11.6 Å². The van der Waals surface area contributed by atoms with E-state index in [1.54, 1.807) is 18.3 Å². The summed E-state index contributed by atoms with van der Waals surface area (Å²) < 4.78 is 1.83. The predicted octanol–water partition coefficient (Wildman–Crippen LogP) is 1.63. The largest absolute Gasteiger partial charge is 0.396 e. The number of aromatic nitrogens is 3. The summed E-state index contributed by atoms with van der Waals surface area (Å²) in [5, 5.41) is 7.62. The molecule has 6 heteroatoms. The number of hydrogen-bond acceptors (Lipinski definition) is 4. The summed E-state index contributed by atoms with van der Waals surface area (Å²) in [6.45, 7) is 1.44. The van der Waals surface area contributed by atoms with Crippen molar-refractivity contribution in [3.63, 3.8) is 0 Å². The molecule has 2 rings (SSSR count). The van der Waals surface area contributed by atoms with E-state index in [0.29, 0.717) is 23.2 Å². The lowest BCUT2D eigenvalue weighted by Crippen LogP contribution is -2.12. The third-order valence-corrected chi connectivity index (χ3v) is 2.30. The molecule has 0 saturated heterocycles. The normalized spacial score (nSPS) is 10.3. The van der Waals surface area contributed by atoms with E-state index in [-0.39, 0.29) is 0 Å². The molecule has 0 radical (unpaired) electrons. The highest BCUT2D eigenvalue weighted by molar-refractivity contribution is 6.29. The average molecular weight is 238 g/mol. The molecule has 2 aromatic heterocycles. The molecule has 0 bridgehead atoms. The van der Waals surface area contributed by atoms with Crippen LogP contribution in [0, 0.1) is 0 Å².